The van der Waals surface area contributed by atoms with Crippen molar-refractivity contribution in [3.8, 4) is 0 Å². The van der Waals surface area contributed by atoms with E-state index in [1.807, 2.05) is 0 Å². The largest absolute Gasteiger partial charge is 0.465 e. The lowest BCUT2D eigenvalue weighted by molar-refractivity contribution is 0.0586. The third-order valence-corrected chi connectivity index (χ3v) is 3.08. The number of rotatable bonds is 2. The number of carbonyl (C=O) groups is 1. The number of halogens is 4. The molecular weight excluding hydrogens is 387 g/mol. The van der Waals surface area contributed by atoms with E-state index in [9.17, 15) is 13.6 Å². The SMILES string of the molecule is COC(=O)c1c(I)ncc(Br)c1C(F)F. The number of pyridine rings is 1. The molecule has 3 nitrogen and oxygen atoms in total. The Morgan fingerprint density at radius 3 is 2.73 bits per heavy atom. The van der Waals surface area contributed by atoms with Crippen LogP contribution in [0, 0.1) is 3.70 Å². The molecule has 1 rings (SSSR count). The zero-order valence-electron chi connectivity index (χ0n) is 7.43. The molecule has 0 aliphatic carbocycles. The molecule has 7 heteroatoms. The fourth-order valence-electron chi connectivity index (χ4n) is 0.988. The molecule has 0 saturated heterocycles. The Morgan fingerprint density at radius 2 is 2.27 bits per heavy atom. The average molecular weight is 392 g/mol. The minimum Gasteiger partial charge on any atom is -0.465 e. The Labute approximate surface area is 106 Å². The second-order valence-electron chi connectivity index (χ2n) is 2.48. The van der Waals surface area contributed by atoms with Gasteiger partial charge in [-0.2, -0.15) is 0 Å². The maximum atomic E-state index is 12.7. The average Bonchev–Trinajstić information content (AvgIpc) is 2.19. The molecule has 0 spiro atoms. The predicted octanol–water partition coefficient (Wildman–Crippen LogP) is 3.17. The number of hydrogen-bond acceptors (Lipinski definition) is 3. The number of hydrogen-bond donors (Lipinski definition) is 0. The summed E-state index contributed by atoms with van der Waals surface area (Å²) in [6.07, 6.45) is -1.53. The van der Waals surface area contributed by atoms with E-state index in [1.54, 1.807) is 22.6 Å². The summed E-state index contributed by atoms with van der Waals surface area (Å²) in [5.41, 5.74) is -0.580. The summed E-state index contributed by atoms with van der Waals surface area (Å²) in [7, 11) is 1.13. The minimum absolute atomic E-state index is 0.0957. The molecule has 1 heterocycles. The van der Waals surface area contributed by atoms with Gasteiger partial charge in [0.1, 0.15) is 9.26 Å². The molecule has 0 amide bonds. The van der Waals surface area contributed by atoms with Gasteiger partial charge < -0.3 is 4.74 Å². The summed E-state index contributed by atoms with van der Waals surface area (Å²) >= 11 is 4.63. The van der Waals surface area contributed by atoms with E-state index in [-0.39, 0.29) is 19.3 Å². The number of esters is 1. The number of carbonyl (C=O) groups excluding carboxylic acids is 1. The summed E-state index contributed by atoms with van der Waals surface area (Å²) in [6, 6.07) is 0. The quantitative estimate of drug-likeness (QED) is 0.441. The molecule has 0 saturated carbocycles. The first-order valence-electron chi connectivity index (χ1n) is 3.69. The van der Waals surface area contributed by atoms with Gasteiger partial charge in [-0.05, 0) is 38.5 Å². The van der Waals surface area contributed by atoms with Gasteiger partial charge in [0.25, 0.3) is 6.43 Å². The number of methoxy groups -OCH3 is 1. The first-order chi connectivity index (χ1) is 6.99. The van der Waals surface area contributed by atoms with Crippen molar-refractivity contribution in [3.05, 3.63) is 25.5 Å². The second kappa shape index (κ2) is 5.15. The highest BCUT2D eigenvalue weighted by molar-refractivity contribution is 14.1. The monoisotopic (exact) mass is 391 g/mol. The summed E-state index contributed by atoms with van der Waals surface area (Å²) in [5.74, 6) is -0.816. The van der Waals surface area contributed by atoms with Crippen LogP contribution in [0.3, 0.4) is 0 Å². The van der Waals surface area contributed by atoms with Crippen LogP contribution in [0.15, 0.2) is 10.7 Å². The van der Waals surface area contributed by atoms with E-state index in [4.69, 9.17) is 0 Å². The molecule has 0 N–H and O–H groups in total. The summed E-state index contributed by atoms with van der Waals surface area (Å²) in [6.45, 7) is 0. The van der Waals surface area contributed by atoms with E-state index in [0.29, 0.717) is 0 Å². The van der Waals surface area contributed by atoms with Crippen molar-refractivity contribution in [2.45, 2.75) is 6.43 Å². The van der Waals surface area contributed by atoms with Crippen LogP contribution in [-0.2, 0) is 4.74 Å². The first-order valence-corrected chi connectivity index (χ1v) is 5.56. The molecule has 0 atom stereocenters. The zero-order valence-corrected chi connectivity index (χ0v) is 11.2. The molecule has 0 aliphatic rings. The van der Waals surface area contributed by atoms with Crippen molar-refractivity contribution in [1.29, 1.82) is 0 Å². The lowest BCUT2D eigenvalue weighted by Crippen LogP contribution is -2.10. The number of alkyl halides is 2. The molecule has 15 heavy (non-hydrogen) atoms. The first kappa shape index (κ1) is 12.8. The summed E-state index contributed by atoms with van der Waals surface area (Å²) < 4.78 is 30.1. The number of ether oxygens (including phenoxy) is 1. The van der Waals surface area contributed by atoms with Gasteiger partial charge in [-0.15, -0.1) is 0 Å². The second-order valence-corrected chi connectivity index (χ2v) is 4.35. The van der Waals surface area contributed by atoms with Gasteiger partial charge in [-0.3, -0.25) is 0 Å². The Morgan fingerprint density at radius 1 is 1.67 bits per heavy atom. The van der Waals surface area contributed by atoms with Gasteiger partial charge in [0.2, 0.25) is 0 Å². The summed E-state index contributed by atoms with van der Waals surface area (Å²) in [5, 5.41) is 0. The predicted molar refractivity (Wildman–Crippen MR) is 61.0 cm³/mol. The molecule has 0 fully saturated rings. The van der Waals surface area contributed by atoms with Crippen molar-refractivity contribution >= 4 is 44.5 Å². The summed E-state index contributed by atoms with van der Waals surface area (Å²) in [4.78, 5) is 15.1. The third-order valence-electron chi connectivity index (χ3n) is 1.63. The van der Waals surface area contributed by atoms with Gasteiger partial charge in [0.05, 0.1) is 12.7 Å². The van der Waals surface area contributed by atoms with Gasteiger partial charge >= 0.3 is 5.97 Å². The van der Waals surface area contributed by atoms with Crippen molar-refractivity contribution in [1.82, 2.24) is 4.98 Å². The maximum absolute atomic E-state index is 12.7. The van der Waals surface area contributed by atoms with Gasteiger partial charge in [-0.1, -0.05) is 0 Å². The standard InChI is InChI=1S/C8H5BrF2INO2/c1-15-8(14)5-4(6(10)11)3(9)2-13-7(5)12/h2,6H,1H3. The molecule has 1 aromatic rings. The van der Waals surface area contributed by atoms with E-state index in [0.717, 1.165) is 7.11 Å². The molecular formula is C8H5BrF2INO2. The van der Waals surface area contributed by atoms with Gasteiger partial charge in [-0.25, -0.2) is 18.6 Å². The van der Waals surface area contributed by atoms with Crippen molar-refractivity contribution < 1.29 is 18.3 Å². The van der Waals surface area contributed by atoms with Gasteiger partial charge in [0, 0.05) is 10.7 Å². The Bertz CT molecular complexity index is 400. The van der Waals surface area contributed by atoms with Crippen LogP contribution in [0.2, 0.25) is 0 Å². The Kier molecular flexibility index (Phi) is 4.38. The molecule has 0 aromatic carbocycles. The molecule has 0 radical (unpaired) electrons. The van der Waals surface area contributed by atoms with Crippen LogP contribution >= 0.6 is 38.5 Å². The van der Waals surface area contributed by atoms with Gasteiger partial charge in [0.15, 0.2) is 0 Å². The van der Waals surface area contributed by atoms with E-state index >= 15 is 0 Å². The van der Waals surface area contributed by atoms with Crippen molar-refractivity contribution in [2.75, 3.05) is 7.11 Å². The molecule has 0 aliphatic heterocycles. The molecule has 0 bridgehead atoms. The normalized spacial score (nSPS) is 10.5. The number of nitrogens with zero attached hydrogens (tertiary/aromatic N) is 1. The third kappa shape index (κ3) is 2.63. The van der Waals surface area contributed by atoms with Crippen LogP contribution in [0.5, 0.6) is 0 Å². The van der Waals surface area contributed by atoms with Crippen LogP contribution in [-0.4, -0.2) is 18.1 Å². The maximum Gasteiger partial charge on any atom is 0.341 e. The van der Waals surface area contributed by atoms with Crippen LogP contribution < -0.4 is 0 Å². The van der Waals surface area contributed by atoms with E-state index in [2.05, 4.69) is 25.7 Å². The van der Waals surface area contributed by atoms with Crippen LogP contribution in [0.4, 0.5) is 8.78 Å². The fraction of sp³-hybridized carbons (Fsp3) is 0.250. The highest BCUT2D eigenvalue weighted by Gasteiger charge is 2.25. The highest BCUT2D eigenvalue weighted by Crippen LogP contribution is 2.32. The topological polar surface area (TPSA) is 39.2 Å². The molecule has 1 aromatic heterocycles. The number of aromatic nitrogens is 1. The molecule has 0 unspecified atom stereocenters. The highest BCUT2D eigenvalue weighted by atomic mass is 127. The lowest BCUT2D eigenvalue weighted by Gasteiger charge is -2.10. The smallest absolute Gasteiger partial charge is 0.341 e. The van der Waals surface area contributed by atoms with Crippen molar-refractivity contribution in [3.63, 3.8) is 0 Å². The van der Waals surface area contributed by atoms with Crippen molar-refractivity contribution in [2.24, 2.45) is 0 Å². The lowest BCUT2D eigenvalue weighted by atomic mass is 10.1. The molecule has 82 valence electrons. The van der Waals surface area contributed by atoms with Crippen LogP contribution in [0.25, 0.3) is 0 Å². The van der Waals surface area contributed by atoms with E-state index < -0.39 is 12.4 Å². The van der Waals surface area contributed by atoms with Crippen LogP contribution in [0.1, 0.15) is 22.3 Å². The minimum atomic E-state index is -2.76. The zero-order chi connectivity index (χ0) is 11.6. The fourth-order valence-corrected chi connectivity index (χ4v) is 2.11. The Hall–Kier alpha value is -0.310. The van der Waals surface area contributed by atoms with E-state index in [1.165, 1.54) is 6.20 Å². The Balaban J connectivity index is 3.45.